The minimum absolute atomic E-state index is 0.651. The molecular weight excluding hydrogens is 324 g/mol. The topological polar surface area (TPSA) is 48.9 Å². The van der Waals surface area contributed by atoms with E-state index >= 15 is 0 Å². The molecule has 1 atom stereocenters. The van der Waals surface area contributed by atoms with Gasteiger partial charge in [-0.1, -0.05) is 19.1 Å². The molecule has 5 heteroatoms. The van der Waals surface area contributed by atoms with E-state index in [-0.39, 0.29) is 0 Å². The van der Waals surface area contributed by atoms with Crippen molar-refractivity contribution in [3.8, 4) is 5.75 Å². The molecule has 1 heterocycles. The third-order valence-corrected chi connectivity index (χ3v) is 4.83. The summed E-state index contributed by atoms with van der Waals surface area (Å²) in [6, 6.07) is 8.08. The van der Waals surface area contributed by atoms with Crippen LogP contribution >= 0.6 is 0 Å². The molecule has 1 unspecified atom stereocenters. The van der Waals surface area contributed by atoms with E-state index in [1.54, 1.807) is 7.11 Å². The first kappa shape index (κ1) is 20.6. The Labute approximate surface area is 159 Å². The van der Waals surface area contributed by atoms with Gasteiger partial charge >= 0.3 is 0 Å². The minimum atomic E-state index is 0.651. The maximum absolute atomic E-state index is 5.27. The van der Waals surface area contributed by atoms with Crippen LogP contribution in [0.1, 0.15) is 45.1 Å². The van der Waals surface area contributed by atoms with E-state index in [1.807, 2.05) is 18.2 Å². The van der Waals surface area contributed by atoms with Crippen LogP contribution in [0.25, 0.3) is 0 Å². The van der Waals surface area contributed by atoms with Crippen LogP contribution in [0.5, 0.6) is 5.75 Å². The Morgan fingerprint density at radius 2 is 2.19 bits per heavy atom. The molecule has 2 N–H and O–H groups in total. The van der Waals surface area contributed by atoms with E-state index in [0.717, 1.165) is 36.3 Å². The van der Waals surface area contributed by atoms with Gasteiger partial charge < -0.3 is 20.3 Å². The van der Waals surface area contributed by atoms with Gasteiger partial charge in [0.05, 0.1) is 13.7 Å². The molecule has 1 saturated heterocycles. The zero-order valence-electron chi connectivity index (χ0n) is 16.8. The number of benzene rings is 1. The second-order valence-electron chi connectivity index (χ2n) is 7.23. The number of methoxy groups -OCH3 is 1. The second kappa shape index (κ2) is 11.8. The van der Waals surface area contributed by atoms with Gasteiger partial charge in [0.2, 0.25) is 0 Å². The summed E-state index contributed by atoms with van der Waals surface area (Å²) in [6.07, 6.45) is 5.18. The lowest BCUT2D eigenvalue weighted by atomic mass is 10.0. The number of aliphatic imine (C=N–C) groups is 1. The van der Waals surface area contributed by atoms with Crippen molar-refractivity contribution in [2.24, 2.45) is 10.9 Å². The predicted molar refractivity (Wildman–Crippen MR) is 110 cm³/mol. The maximum Gasteiger partial charge on any atom is 0.191 e. The van der Waals surface area contributed by atoms with Crippen molar-refractivity contribution < 1.29 is 4.74 Å². The van der Waals surface area contributed by atoms with Crippen LogP contribution in [0.2, 0.25) is 0 Å². The number of likely N-dealkylation sites (tertiary alicyclic amines) is 1. The molecule has 0 aliphatic carbocycles. The Hall–Kier alpha value is -1.75. The first-order valence-corrected chi connectivity index (χ1v) is 10.1. The van der Waals surface area contributed by atoms with Crippen molar-refractivity contribution in [1.29, 1.82) is 0 Å². The molecule has 0 bridgehead atoms. The summed E-state index contributed by atoms with van der Waals surface area (Å²) < 4.78 is 5.27. The van der Waals surface area contributed by atoms with Gasteiger partial charge in [-0.3, -0.25) is 0 Å². The van der Waals surface area contributed by atoms with E-state index in [9.17, 15) is 0 Å². The van der Waals surface area contributed by atoms with Gasteiger partial charge in [0, 0.05) is 19.6 Å². The van der Waals surface area contributed by atoms with Gasteiger partial charge in [-0.05, 0) is 69.3 Å². The lowest BCUT2D eigenvalue weighted by Crippen LogP contribution is -2.38. The summed E-state index contributed by atoms with van der Waals surface area (Å²) in [6.45, 7) is 10.7. The van der Waals surface area contributed by atoms with Crippen molar-refractivity contribution in [2.75, 3.05) is 39.8 Å². The molecule has 0 spiro atoms. The van der Waals surface area contributed by atoms with E-state index in [0.29, 0.717) is 6.54 Å². The zero-order chi connectivity index (χ0) is 18.6. The van der Waals surface area contributed by atoms with Crippen LogP contribution in [0.4, 0.5) is 0 Å². The number of piperidine rings is 1. The molecule has 1 aliphatic heterocycles. The van der Waals surface area contributed by atoms with Crippen LogP contribution in [0.3, 0.4) is 0 Å². The molecule has 0 aromatic heterocycles. The monoisotopic (exact) mass is 360 g/mol. The highest BCUT2D eigenvalue weighted by molar-refractivity contribution is 5.79. The van der Waals surface area contributed by atoms with Crippen LogP contribution in [0.15, 0.2) is 29.3 Å². The van der Waals surface area contributed by atoms with Gasteiger partial charge in [-0.15, -0.1) is 0 Å². The highest BCUT2D eigenvalue weighted by atomic mass is 16.5. The minimum Gasteiger partial charge on any atom is -0.497 e. The van der Waals surface area contributed by atoms with Crippen LogP contribution in [0, 0.1) is 5.92 Å². The lowest BCUT2D eigenvalue weighted by molar-refractivity contribution is 0.181. The average Bonchev–Trinajstić information content (AvgIpc) is 2.66. The largest absolute Gasteiger partial charge is 0.497 e. The lowest BCUT2D eigenvalue weighted by Gasteiger charge is -2.30. The van der Waals surface area contributed by atoms with Gasteiger partial charge in [0.25, 0.3) is 0 Å². The van der Waals surface area contributed by atoms with Crippen molar-refractivity contribution in [3.63, 3.8) is 0 Å². The Morgan fingerprint density at radius 1 is 1.31 bits per heavy atom. The second-order valence-corrected chi connectivity index (χ2v) is 7.23. The van der Waals surface area contributed by atoms with E-state index in [4.69, 9.17) is 4.74 Å². The fourth-order valence-electron chi connectivity index (χ4n) is 3.44. The zero-order valence-corrected chi connectivity index (χ0v) is 16.8. The molecule has 26 heavy (non-hydrogen) atoms. The smallest absolute Gasteiger partial charge is 0.191 e. The van der Waals surface area contributed by atoms with Crippen molar-refractivity contribution in [1.82, 2.24) is 15.5 Å². The molecule has 1 aromatic carbocycles. The molecule has 2 rings (SSSR count). The SMILES string of the molecule is CCNC(=NCc1cccc(OC)c1)NCCCCN1CCCC(C)C1. The number of unbranched alkanes of at least 4 members (excludes halogenated alkanes) is 1. The molecule has 0 amide bonds. The van der Waals surface area contributed by atoms with Crippen molar-refractivity contribution in [2.45, 2.75) is 46.1 Å². The van der Waals surface area contributed by atoms with Crippen LogP contribution < -0.4 is 15.4 Å². The maximum atomic E-state index is 5.27. The summed E-state index contributed by atoms with van der Waals surface area (Å²) in [5.74, 6) is 2.63. The average molecular weight is 361 g/mol. The summed E-state index contributed by atoms with van der Waals surface area (Å²) >= 11 is 0. The van der Waals surface area contributed by atoms with E-state index in [1.165, 1.54) is 45.3 Å². The standard InChI is InChI=1S/C21H36N4O/c1-4-22-21(24-16-19-10-7-11-20(15-19)26-3)23-12-5-6-13-25-14-8-9-18(2)17-25/h7,10-11,15,18H,4-6,8-9,12-14,16-17H2,1-3H3,(H2,22,23,24). The Kier molecular flexibility index (Phi) is 9.32. The fraction of sp³-hybridized carbons (Fsp3) is 0.667. The normalized spacial score (nSPS) is 18.6. The Balaban J connectivity index is 1.69. The number of hydrogen-bond donors (Lipinski definition) is 2. The summed E-state index contributed by atoms with van der Waals surface area (Å²) in [5, 5.41) is 6.78. The molecule has 0 saturated carbocycles. The summed E-state index contributed by atoms with van der Waals surface area (Å²) in [4.78, 5) is 7.31. The third-order valence-electron chi connectivity index (χ3n) is 4.83. The van der Waals surface area contributed by atoms with E-state index in [2.05, 4.69) is 40.4 Å². The highest BCUT2D eigenvalue weighted by Crippen LogP contribution is 2.15. The van der Waals surface area contributed by atoms with Gasteiger partial charge in [0.1, 0.15) is 5.75 Å². The molecule has 1 aromatic rings. The third kappa shape index (κ3) is 7.65. The Morgan fingerprint density at radius 3 is 2.96 bits per heavy atom. The number of nitrogens with one attached hydrogen (secondary N) is 2. The summed E-state index contributed by atoms with van der Waals surface area (Å²) in [5.41, 5.74) is 1.15. The van der Waals surface area contributed by atoms with Gasteiger partial charge in [0.15, 0.2) is 5.96 Å². The number of ether oxygens (including phenoxy) is 1. The highest BCUT2D eigenvalue weighted by Gasteiger charge is 2.15. The number of guanidine groups is 1. The van der Waals surface area contributed by atoms with Crippen LogP contribution in [-0.4, -0.2) is 50.7 Å². The quantitative estimate of drug-likeness (QED) is 0.403. The number of nitrogens with zero attached hydrogens (tertiary/aromatic N) is 2. The summed E-state index contributed by atoms with van der Waals surface area (Å²) in [7, 11) is 1.69. The first-order valence-electron chi connectivity index (χ1n) is 10.1. The molecule has 0 radical (unpaired) electrons. The molecular formula is C21H36N4O. The molecule has 5 nitrogen and oxygen atoms in total. The molecule has 1 fully saturated rings. The van der Waals surface area contributed by atoms with E-state index < -0.39 is 0 Å². The first-order chi connectivity index (χ1) is 12.7. The van der Waals surface area contributed by atoms with Gasteiger partial charge in [-0.25, -0.2) is 4.99 Å². The van der Waals surface area contributed by atoms with Crippen LogP contribution in [-0.2, 0) is 6.54 Å². The van der Waals surface area contributed by atoms with Gasteiger partial charge in [-0.2, -0.15) is 0 Å². The fourth-order valence-corrected chi connectivity index (χ4v) is 3.44. The number of rotatable bonds is 9. The molecule has 146 valence electrons. The Bertz CT molecular complexity index is 547. The van der Waals surface area contributed by atoms with Crippen molar-refractivity contribution >= 4 is 5.96 Å². The predicted octanol–water partition coefficient (Wildman–Crippen LogP) is 3.26. The van der Waals surface area contributed by atoms with Crippen molar-refractivity contribution in [3.05, 3.63) is 29.8 Å². The number of hydrogen-bond acceptors (Lipinski definition) is 3. The molecule has 1 aliphatic rings.